The molecule has 118 valence electrons. The summed E-state index contributed by atoms with van der Waals surface area (Å²) >= 11 is 0. The average Bonchev–Trinajstić information content (AvgIpc) is 3.28. The van der Waals surface area contributed by atoms with Crippen molar-refractivity contribution < 1.29 is 14.3 Å². The summed E-state index contributed by atoms with van der Waals surface area (Å²) in [6, 6.07) is 3.56. The van der Waals surface area contributed by atoms with Crippen molar-refractivity contribution in [2.45, 2.75) is 25.8 Å². The summed E-state index contributed by atoms with van der Waals surface area (Å²) in [5.74, 6) is 1.62. The Morgan fingerprint density at radius 1 is 1.33 bits per heavy atom. The molecule has 0 aliphatic heterocycles. The molecule has 0 heterocycles. The van der Waals surface area contributed by atoms with Crippen LogP contribution in [0.1, 0.15) is 28.8 Å². The lowest BCUT2D eigenvalue weighted by Crippen LogP contribution is -2.38. The molecule has 0 aromatic heterocycles. The summed E-state index contributed by atoms with van der Waals surface area (Å²) in [7, 11) is 3.13. The summed E-state index contributed by atoms with van der Waals surface area (Å²) in [6.07, 6.45) is 2.35. The number of halogens is 1. The summed E-state index contributed by atoms with van der Waals surface area (Å²) < 4.78 is 10.4. The van der Waals surface area contributed by atoms with E-state index in [0.29, 0.717) is 29.5 Å². The fourth-order valence-corrected chi connectivity index (χ4v) is 2.22. The number of nitrogens with one attached hydrogen (secondary N) is 1. The van der Waals surface area contributed by atoms with Crippen LogP contribution in [0.15, 0.2) is 12.1 Å². The van der Waals surface area contributed by atoms with Crippen LogP contribution in [0, 0.1) is 12.8 Å². The Hall–Kier alpha value is -1.46. The molecular weight excluding hydrogens is 292 g/mol. The number of rotatable bonds is 6. The molecule has 1 aromatic carbocycles. The Labute approximate surface area is 131 Å². The first-order valence-corrected chi connectivity index (χ1v) is 6.83. The van der Waals surface area contributed by atoms with E-state index in [4.69, 9.17) is 15.2 Å². The molecule has 1 saturated carbocycles. The van der Waals surface area contributed by atoms with E-state index in [-0.39, 0.29) is 24.4 Å². The van der Waals surface area contributed by atoms with Crippen LogP contribution in [0.4, 0.5) is 0 Å². The minimum atomic E-state index is -0.125. The van der Waals surface area contributed by atoms with Crippen LogP contribution in [-0.2, 0) is 0 Å². The molecule has 6 heteroatoms. The summed E-state index contributed by atoms with van der Waals surface area (Å²) in [4.78, 5) is 12.2. The van der Waals surface area contributed by atoms with Crippen LogP contribution >= 0.6 is 12.4 Å². The highest BCUT2D eigenvalue weighted by atomic mass is 35.5. The number of hydrogen-bond donors (Lipinski definition) is 2. The van der Waals surface area contributed by atoms with Crippen LogP contribution in [0.2, 0.25) is 0 Å². The number of ether oxygens (including phenoxy) is 2. The third-order valence-corrected chi connectivity index (χ3v) is 3.70. The van der Waals surface area contributed by atoms with E-state index in [1.807, 2.05) is 6.92 Å². The first-order chi connectivity index (χ1) is 9.56. The van der Waals surface area contributed by atoms with Crippen LogP contribution in [-0.4, -0.2) is 32.7 Å². The smallest absolute Gasteiger partial charge is 0.251 e. The summed E-state index contributed by atoms with van der Waals surface area (Å²) in [6.45, 7) is 2.38. The largest absolute Gasteiger partial charge is 0.493 e. The minimum Gasteiger partial charge on any atom is -0.493 e. The third kappa shape index (κ3) is 4.25. The summed E-state index contributed by atoms with van der Waals surface area (Å²) in [5.41, 5.74) is 7.42. The van der Waals surface area contributed by atoms with Gasteiger partial charge in [0.2, 0.25) is 0 Å². The van der Waals surface area contributed by atoms with Gasteiger partial charge in [0.05, 0.1) is 14.2 Å². The molecule has 2 rings (SSSR count). The molecule has 21 heavy (non-hydrogen) atoms. The molecule has 0 saturated heterocycles. The number of amides is 1. The quantitative estimate of drug-likeness (QED) is 0.841. The van der Waals surface area contributed by atoms with E-state index in [9.17, 15) is 4.79 Å². The lowest BCUT2D eigenvalue weighted by atomic mass is 10.1. The Bertz CT molecular complexity index is 504. The number of nitrogens with two attached hydrogens (primary N) is 1. The number of methoxy groups -OCH3 is 2. The molecule has 1 aromatic rings. The van der Waals surface area contributed by atoms with E-state index in [1.165, 1.54) is 12.8 Å². The fourth-order valence-electron chi connectivity index (χ4n) is 2.22. The first kappa shape index (κ1) is 17.6. The standard InChI is InChI=1S/C15H22N2O3.ClH/c1-9-6-13(19-2)14(20-3)7-11(9)15(18)17-8-12(16)10-4-5-10;/h6-7,10,12H,4-5,8,16H2,1-3H3,(H,17,18);1H. The normalized spacial score (nSPS) is 14.9. The van der Waals surface area contributed by atoms with Gasteiger partial charge in [-0.25, -0.2) is 0 Å². The minimum absolute atomic E-state index is 0. The van der Waals surface area contributed by atoms with E-state index in [1.54, 1.807) is 26.4 Å². The van der Waals surface area contributed by atoms with Gasteiger partial charge in [-0.05, 0) is 43.4 Å². The van der Waals surface area contributed by atoms with Crippen molar-refractivity contribution in [1.82, 2.24) is 5.32 Å². The Balaban J connectivity index is 0.00000220. The predicted molar refractivity (Wildman–Crippen MR) is 84.6 cm³/mol. The molecule has 1 atom stereocenters. The second-order valence-electron chi connectivity index (χ2n) is 5.23. The zero-order valence-electron chi connectivity index (χ0n) is 12.6. The monoisotopic (exact) mass is 314 g/mol. The zero-order chi connectivity index (χ0) is 14.7. The van der Waals surface area contributed by atoms with Crippen LogP contribution in [0.3, 0.4) is 0 Å². The second kappa shape index (κ2) is 7.52. The van der Waals surface area contributed by atoms with Gasteiger partial charge in [-0.15, -0.1) is 12.4 Å². The molecule has 1 fully saturated rings. The second-order valence-corrected chi connectivity index (χ2v) is 5.23. The molecule has 3 N–H and O–H groups in total. The van der Waals surface area contributed by atoms with Crippen LogP contribution < -0.4 is 20.5 Å². The maximum Gasteiger partial charge on any atom is 0.251 e. The van der Waals surface area contributed by atoms with E-state index in [2.05, 4.69) is 5.32 Å². The van der Waals surface area contributed by atoms with Gasteiger partial charge in [-0.3, -0.25) is 4.79 Å². The van der Waals surface area contributed by atoms with Gasteiger partial charge in [0, 0.05) is 18.2 Å². The van der Waals surface area contributed by atoms with Gasteiger partial charge in [-0.2, -0.15) is 0 Å². The Morgan fingerprint density at radius 3 is 2.43 bits per heavy atom. The molecule has 0 spiro atoms. The van der Waals surface area contributed by atoms with Crippen molar-refractivity contribution in [3.05, 3.63) is 23.3 Å². The van der Waals surface area contributed by atoms with Gasteiger partial charge >= 0.3 is 0 Å². The maximum atomic E-state index is 12.2. The van der Waals surface area contributed by atoms with Crippen LogP contribution in [0.5, 0.6) is 11.5 Å². The molecule has 1 unspecified atom stereocenters. The van der Waals surface area contributed by atoms with E-state index < -0.39 is 0 Å². The molecule has 0 radical (unpaired) electrons. The van der Waals surface area contributed by atoms with Gasteiger partial charge < -0.3 is 20.5 Å². The zero-order valence-corrected chi connectivity index (χ0v) is 13.5. The maximum absolute atomic E-state index is 12.2. The molecule has 1 aliphatic carbocycles. The van der Waals surface area contributed by atoms with E-state index >= 15 is 0 Å². The van der Waals surface area contributed by atoms with Crippen molar-refractivity contribution in [2.75, 3.05) is 20.8 Å². The van der Waals surface area contributed by atoms with Crippen molar-refractivity contribution >= 4 is 18.3 Å². The number of carbonyl (C=O) groups excluding carboxylic acids is 1. The number of hydrogen-bond acceptors (Lipinski definition) is 4. The van der Waals surface area contributed by atoms with E-state index in [0.717, 1.165) is 5.56 Å². The van der Waals surface area contributed by atoms with Crippen molar-refractivity contribution in [1.29, 1.82) is 0 Å². The topological polar surface area (TPSA) is 73.6 Å². The molecule has 1 aliphatic rings. The van der Waals surface area contributed by atoms with Crippen molar-refractivity contribution in [2.24, 2.45) is 11.7 Å². The third-order valence-electron chi connectivity index (χ3n) is 3.70. The number of aryl methyl sites for hydroxylation is 1. The SMILES string of the molecule is COc1cc(C)c(C(=O)NCC(N)C2CC2)cc1OC.Cl. The van der Waals surface area contributed by atoms with Crippen molar-refractivity contribution in [3.8, 4) is 11.5 Å². The molecule has 1 amide bonds. The summed E-state index contributed by atoms with van der Waals surface area (Å²) in [5, 5.41) is 2.89. The van der Waals surface area contributed by atoms with Gasteiger partial charge in [0.1, 0.15) is 0 Å². The highest BCUT2D eigenvalue weighted by molar-refractivity contribution is 5.96. The lowest BCUT2D eigenvalue weighted by molar-refractivity contribution is 0.0949. The molecule has 0 bridgehead atoms. The van der Waals surface area contributed by atoms with Gasteiger partial charge in [0.15, 0.2) is 11.5 Å². The Kier molecular flexibility index (Phi) is 6.30. The highest BCUT2D eigenvalue weighted by Crippen LogP contribution is 2.32. The molecular formula is C15H23ClN2O3. The Morgan fingerprint density at radius 2 is 1.90 bits per heavy atom. The number of benzene rings is 1. The fraction of sp³-hybridized carbons (Fsp3) is 0.533. The predicted octanol–water partition coefficient (Wildman–Crippen LogP) is 1.90. The van der Waals surface area contributed by atoms with Crippen molar-refractivity contribution in [3.63, 3.8) is 0 Å². The highest BCUT2D eigenvalue weighted by Gasteiger charge is 2.28. The van der Waals surface area contributed by atoms with Gasteiger partial charge in [0.25, 0.3) is 5.91 Å². The van der Waals surface area contributed by atoms with Crippen LogP contribution in [0.25, 0.3) is 0 Å². The first-order valence-electron chi connectivity index (χ1n) is 6.83. The van der Waals surface area contributed by atoms with Gasteiger partial charge in [-0.1, -0.05) is 0 Å². The molecule has 5 nitrogen and oxygen atoms in total. The number of carbonyl (C=O) groups is 1. The lowest BCUT2D eigenvalue weighted by Gasteiger charge is -2.15. The average molecular weight is 315 g/mol.